The first-order valence-electron chi connectivity index (χ1n) is 9.22. The van der Waals surface area contributed by atoms with E-state index in [1.165, 1.54) is 49.7 Å². The Balaban J connectivity index is 1.73. The number of hydrogen-bond donors (Lipinski definition) is 0. The van der Waals surface area contributed by atoms with E-state index in [2.05, 4.69) is 49.1 Å². The molecule has 0 heterocycles. The van der Waals surface area contributed by atoms with Gasteiger partial charge in [0.2, 0.25) is 0 Å². The summed E-state index contributed by atoms with van der Waals surface area (Å²) in [4.78, 5) is 0. The number of hydrogen-bond acceptors (Lipinski definition) is 1. The summed E-state index contributed by atoms with van der Waals surface area (Å²) in [6, 6.07) is 9.13. The molecule has 1 aromatic carbocycles. The van der Waals surface area contributed by atoms with Crippen LogP contribution in [0.25, 0.3) is 0 Å². The van der Waals surface area contributed by atoms with Gasteiger partial charge in [-0.25, -0.2) is 0 Å². The van der Waals surface area contributed by atoms with Crippen LogP contribution in [0.4, 0.5) is 0 Å². The highest BCUT2D eigenvalue weighted by atomic mass is 16.5. The van der Waals surface area contributed by atoms with Crippen molar-refractivity contribution in [3.05, 3.63) is 60.2 Å². The molecule has 0 atom stereocenters. The second kappa shape index (κ2) is 10.4. The lowest BCUT2D eigenvalue weighted by Crippen LogP contribution is -2.13. The maximum atomic E-state index is 5.70. The van der Waals surface area contributed by atoms with Crippen molar-refractivity contribution in [2.45, 2.75) is 64.4 Å². The van der Waals surface area contributed by atoms with E-state index in [-0.39, 0.29) is 0 Å². The molecule has 2 rings (SSSR count). The molecule has 0 saturated heterocycles. The summed E-state index contributed by atoms with van der Waals surface area (Å²) in [5.74, 6) is 1.69. The molecule has 0 spiro atoms. The van der Waals surface area contributed by atoms with Crippen molar-refractivity contribution in [3.63, 3.8) is 0 Å². The van der Waals surface area contributed by atoms with E-state index in [0.29, 0.717) is 0 Å². The Labute approximate surface area is 142 Å². The van der Waals surface area contributed by atoms with Crippen molar-refractivity contribution < 1.29 is 4.74 Å². The van der Waals surface area contributed by atoms with Crippen molar-refractivity contribution in [2.75, 3.05) is 6.61 Å². The minimum Gasteiger partial charge on any atom is -0.376 e. The minimum absolute atomic E-state index is 0.728. The predicted octanol–water partition coefficient (Wildman–Crippen LogP) is 6.41. The Morgan fingerprint density at radius 1 is 1.09 bits per heavy atom. The number of rotatable bonds is 9. The lowest BCUT2D eigenvalue weighted by molar-refractivity contribution is 0.125. The van der Waals surface area contributed by atoms with Gasteiger partial charge >= 0.3 is 0 Å². The standard InChI is InChI=1S/C22H32O/c1-3-5-7-17-23-18-20-11-15-22(16-12-20)21-13-9-19(10-14-21)8-6-4-2/h3-5,11-12,15-16,19,21H,2,6-10,13-14,17-18H2,1H3. The maximum Gasteiger partial charge on any atom is 0.0717 e. The second-order valence-corrected chi connectivity index (χ2v) is 6.74. The molecule has 0 unspecified atom stereocenters. The summed E-state index contributed by atoms with van der Waals surface area (Å²) in [6.45, 7) is 7.42. The van der Waals surface area contributed by atoms with Crippen LogP contribution in [0.1, 0.15) is 68.9 Å². The molecule has 1 aliphatic carbocycles. The van der Waals surface area contributed by atoms with E-state index < -0.39 is 0 Å². The van der Waals surface area contributed by atoms with Crippen molar-refractivity contribution >= 4 is 0 Å². The minimum atomic E-state index is 0.728. The van der Waals surface area contributed by atoms with Gasteiger partial charge in [0.1, 0.15) is 0 Å². The molecule has 1 fully saturated rings. The summed E-state index contributed by atoms with van der Waals surface area (Å²) in [6.07, 6.45) is 15.3. The monoisotopic (exact) mass is 312 g/mol. The predicted molar refractivity (Wildman–Crippen MR) is 99.7 cm³/mol. The summed E-state index contributed by atoms with van der Waals surface area (Å²) < 4.78 is 5.70. The molecule has 126 valence electrons. The normalized spacial score (nSPS) is 21.6. The van der Waals surface area contributed by atoms with Crippen LogP contribution in [-0.4, -0.2) is 6.61 Å². The highest BCUT2D eigenvalue weighted by Crippen LogP contribution is 2.37. The van der Waals surface area contributed by atoms with E-state index in [1.807, 2.05) is 6.92 Å². The van der Waals surface area contributed by atoms with E-state index in [4.69, 9.17) is 4.74 Å². The maximum absolute atomic E-state index is 5.70. The smallest absolute Gasteiger partial charge is 0.0717 e. The van der Waals surface area contributed by atoms with Crippen LogP contribution in [0, 0.1) is 5.92 Å². The van der Waals surface area contributed by atoms with Crippen LogP contribution in [0.2, 0.25) is 0 Å². The first kappa shape index (κ1) is 18.0. The fourth-order valence-corrected chi connectivity index (χ4v) is 3.53. The third-order valence-corrected chi connectivity index (χ3v) is 5.01. The van der Waals surface area contributed by atoms with Crippen LogP contribution in [0.3, 0.4) is 0 Å². The molecule has 0 aromatic heterocycles. The third-order valence-electron chi connectivity index (χ3n) is 5.01. The molecule has 1 saturated carbocycles. The Hall–Kier alpha value is -1.34. The Morgan fingerprint density at radius 3 is 2.48 bits per heavy atom. The molecular formula is C22H32O. The van der Waals surface area contributed by atoms with Gasteiger partial charge in [-0.3, -0.25) is 0 Å². The van der Waals surface area contributed by atoms with Gasteiger partial charge in [-0.05, 0) is 74.8 Å². The number of allylic oxidation sites excluding steroid dienone is 2. The molecule has 1 heteroatoms. The number of benzene rings is 1. The van der Waals surface area contributed by atoms with Crippen molar-refractivity contribution in [1.82, 2.24) is 0 Å². The Bertz CT molecular complexity index is 463. The van der Waals surface area contributed by atoms with Crippen LogP contribution >= 0.6 is 0 Å². The highest BCUT2D eigenvalue weighted by Gasteiger charge is 2.21. The SMILES string of the molecule is C=CCCC1CCC(c2ccc(COCCC=CC)cc2)CC1. The molecule has 1 aromatic rings. The van der Waals surface area contributed by atoms with Gasteiger partial charge in [0.05, 0.1) is 13.2 Å². The lowest BCUT2D eigenvalue weighted by Gasteiger charge is -2.28. The van der Waals surface area contributed by atoms with Crippen molar-refractivity contribution in [2.24, 2.45) is 5.92 Å². The first-order valence-corrected chi connectivity index (χ1v) is 9.22. The Kier molecular flexibility index (Phi) is 8.17. The molecular weight excluding hydrogens is 280 g/mol. The van der Waals surface area contributed by atoms with Gasteiger partial charge in [0, 0.05) is 0 Å². The van der Waals surface area contributed by atoms with E-state index in [1.54, 1.807) is 0 Å². The molecule has 0 bridgehead atoms. The van der Waals surface area contributed by atoms with Gasteiger partial charge in [0.25, 0.3) is 0 Å². The molecule has 0 N–H and O–H groups in total. The van der Waals surface area contributed by atoms with E-state index in [9.17, 15) is 0 Å². The fourth-order valence-electron chi connectivity index (χ4n) is 3.53. The summed E-state index contributed by atoms with van der Waals surface area (Å²) in [7, 11) is 0. The van der Waals surface area contributed by atoms with E-state index >= 15 is 0 Å². The lowest BCUT2D eigenvalue weighted by atomic mass is 9.77. The largest absolute Gasteiger partial charge is 0.376 e. The number of ether oxygens (including phenoxy) is 1. The quantitative estimate of drug-likeness (QED) is 0.378. The van der Waals surface area contributed by atoms with Crippen LogP contribution in [0.5, 0.6) is 0 Å². The molecule has 1 nitrogen and oxygen atoms in total. The zero-order chi connectivity index (χ0) is 16.3. The average Bonchev–Trinajstić information content (AvgIpc) is 2.61. The average molecular weight is 312 g/mol. The zero-order valence-corrected chi connectivity index (χ0v) is 14.7. The Morgan fingerprint density at radius 2 is 1.83 bits per heavy atom. The molecule has 0 radical (unpaired) electrons. The van der Waals surface area contributed by atoms with Crippen LogP contribution in [0.15, 0.2) is 49.1 Å². The van der Waals surface area contributed by atoms with Gasteiger partial charge in [-0.15, -0.1) is 6.58 Å². The first-order chi connectivity index (χ1) is 11.3. The third kappa shape index (κ3) is 6.35. The molecule has 0 amide bonds. The highest BCUT2D eigenvalue weighted by molar-refractivity contribution is 5.25. The van der Waals surface area contributed by atoms with Gasteiger partial charge in [-0.1, -0.05) is 42.5 Å². The van der Waals surface area contributed by atoms with Gasteiger partial charge in [-0.2, -0.15) is 0 Å². The molecule has 0 aliphatic heterocycles. The molecule has 1 aliphatic rings. The van der Waals surface area contributed by atoms with Crippen molar-refractivity contribution in [3.8, 4) is 0 Å². The topological polar surface area (TPSA) is 9.23 Å². The second-order valence-electron chi connectivity index (χ2n) is 6.74. The summed E-state index contributed by atoms with van der Waals surface area (Å²) in [5.41, 5.74) is 2.80. The summed E-state index contributed by atoms with van der Waals surface area (Å²) >= 11 is 0. The summed E-state index contributed by atoms with van der Waals surface area (Å²) in [5, 5.41) is 0. The van der Waals surface area contributed by atoms with Crippen LogP contribution < -0.4 is 0 Å². The van der Waals surface area contributed by atoms with Gasteiger partial charge in [0.15, 0.2) is 0 Å². The van der Waals surface area contributed by atoms with Crippen LogP contribution in [-0.2, 0) is 11.3 Å². The molecule has 23 heavy (non-hydrogen) atoms. The fraction of sp³-hybridized carbons (Fsp3) is 0.545. The van der Waals surface area contributed by atoms with Crippen molar-refractivity contribution in [1.29, 1.82) is 0 Å². The van der Waals surface area contributed by atoms with E-state index in [0.717, 1.165) is 31.5 Å². The zero-order valence-electron chi connectivity index (χ0n) is 14.7. The van der Waals surface area contributed by atoms with Gasteiger partial charge < -0.3 is 4.74 Å².